The molecule has 3 aromatic rings. The standard InChI is InChI=1S/C18H18FN3O/c19-15-5-3-13(4-6-15)18-8-16(23)11-22(18)10-12-1-2-14-9-20-21-17(14)7-12/h1-7,9,16,18,23H,8,10-11H2,(H,20,21)/t16-,18+/m1/s1. The fourth-order valence-corrected chi connectivity index (χ4v) is 3.40. The van der Waals surface area contributed by atoms with E-state index in [9.17, 15) is 9.50 Å². The molecule has 0 amide bonds. The lowest BCUT2D eigenvalue weighted by Gasteiger charge is -2.24. The first-order valence-electron chi connectivity index (χ1n) is 7.78. The highest BCUT2D eigenvalue weighted by atomic mass is 19.1. The molecule has 2 atom stereocenters. The first kappa shape index (κ1) is 14.4. The Bertz CT molecular complexity index is 815. The highest BCUT2D eigenvalue weighted by Crippen LogP contribution is 2.33. The Kier molecular flexibility index (Phi) is 3.59. The van der Waals surface area contributed by atoms with Crippen molar-refractivity contribution in [2.75, 3.05) is 6.54 Å². The third kappa shape index (κ3) is 2.85. The Labute approximate surface area is 133 Å². The van der Waals surface area contributed by atoms with Crippen LogP contribution < -0.4 is 0 Å². The molecule has 23 heavy (non-hydrogen) atoms. The van der Waals surface area contributed by atoms with E-state index in [4.69, 9.17) is 0 Å². The van der Waals surface area contributed by atoms with Crippen molar-refractivity contribution in [3.05, 3.63) is 65.6 Å². The zero-order valence-corrected chi connectivity index (χ0v) is 12.6. The van der Waals surface area contributed by atoms with Crippen molar-refractivity contribution in [3.63, 3.8) is 0 Å². The summed E-state index contributed by atoms with van der Waals surface area (Å²) in [4.78, 5) is 2.25. The summed E-state index contributed by atoms with van der Waals surface area (Å²) in [6, 6.07) is 12.9. The average Bonchev–Trinajstić information content (AvgIpc) is 3.14. The van der Waals surface area contributed by atoms with Crippen LogP contribution in [0.15, 0.2) is 48.7 Å². The van der Waals surface area contributed by atoms with E-state index in [1.54, 1.807) is 6.20 Å². The highest BCUT2D eigenvalue weighted by molar-refractivity contribution is 5.78. The van der Waals surface area contributed by atoms with E-state index in [1.165, 1.54) is 17.7 Å². The zero-order valence-electron chi connectivity index (χ0n) is 12.6. The van der Waals surface area contributed by atoms with Crippen molar-refractivity contribution in [1.82, 2.24) is 15.1 Å². The van der Waals surface area contributed by atoms with Gasteiger partial charge in [-0.3, -0.25) is 10.00 Å². The maximum absolute atomic E-state index is 13.1. The summed E-state index contributed by atoms with van der Waals surface area (Å²) >= 11 is 0. The van der Waals surface area contributed by atoms with E-state index in [-0.39, 0.29) is 18.0 Å². The zero-order chi connectivity index (χ0) is 15.8. The second-order valence-corrected chi connectivity index (χ2v) is 6.18. The molecule has 118 valence electrons. The molecule has 4 nitrogen and oxygen atoms in total. The van der Waals surface area contributed by atoms with Crippen molar-refractivity contribution >= 4 is 10.9 Å². The molecule has 0 spiro atoms. The molecule has 1 fully saturated rings. The van der Waals surface area contributed by atoms with Gasteiger partial charge in [-0.1, -0.05) is 24.3 Å². The summed E-state index contributed by atoms with van der Waals surface area (Å²) < 4.78 is 13.1. The number of benzene rings is 2. The van der Waals surface area contributed by atoms with Crippen molar-refractivity contribution in [1.29, 1.82) is 0 Å². The molecule has 0 aliphatic carbocycles. The summed E-state index contributed by atoms with van der Waals surface area (Å²) in [5, 5.41) is 18.2. The molecule has 2 aromatic carbocycles. The maximum atomic E-state index is 13.1. The number of aromatic nitrogens is 2. The fraction of sp³-hybridized carbons (Fsp3) is 0.278. The Morgan fingerprint density at radius 1 is 1.22 bits per heavy atom. The number of fused-ring (bicyclic) bond motifs is 1. The number of aromatic amines is 1. The molecule has 1 aromatic heterocycles. The number of β-amino-alcohol motifs (C(OH)–C–C–N with tert-alkyl or cyclic N) is 1. The van der Waals surface area contributed by atoms with Gasteiger partial charge in [0.05, 0.1) is 17.8 Å². The van der Waals surface area contributed by atoms with Crippen LogP contribution in [0.5, 0.6) is 0 Å². The monoisotopic (exact) mass is 311 g/mol. The van der Waals surface area contributed by atoms with Crippen LogP contribution in [0.2, 0.25) is 0 Å². The Morgan fingerprint density at radius 2 is 2.04 bits per heavy atom. The van der Waals surface area contributed by atoms with Crippen LogP contribution in [0, 0.1) is 5.82 Å². The lowest BCUT2D eigenvalue weighted by atomic mass is 10.0. The number of H-pyrrole nitrogens is 1. The smallest absolute Gasteiger partial charge is 0.123 e. The normalized spacial score (nSPS) is 22.0. The van der Waals surface area contributed by atoms with Gasteiger partial charge >= 0.3 is 0 Å². The minimum atomic E-state index is -0.346. The van der Waals surface area contributed by atoms with Gasteiger partial charge < -0.3 is 5.11 Å². The van der Waals surface area contributed by atoms with Crippen molar-refractivity contribution in [2.24, 2.45) is 0 Å². The number of hydrogen-bond donors (Lipinski definition) is 2. The first-order chi connectivity index (χ1) is 11.2. The number of nitrogens with zero attached hydrogens (tertiary/aromatic N) is 2. The number of hydrogen-bond acceptors (Lipinski definition) is 3. The van der Waals surface area contributed by atoms with Gasteiger partial charge in [0, 0.05) is 24.5 Å². The van der Waals surface area contributed by atoms with Crippen LogP contribution in [0.1, 0.15) is 23.6 Å². The third-order valence-electron chi connectivity index (χ3n) is 4.53. The first-order valence-corrected chi connectivity index (χ1v) is 7.78. The highest BCUT2D eigenvalue weighted by Gasteiger charge is 2.31. The number of nitrogens with one attached hydrogen (secondary N) is 1. The molecule has 2 heterocycles. The van der Waals surface area contributed by atoms with Gasteiger partial charge in [0.2, 0.25) is 0 Å². The van der Waals surface area contributed by atoms with Crippen molar-refractivity contribution in [3.8, 4) is 0 Å². The molecular weight excluding hydrogens is 293 g/mol. The lowest BCUT2D eigenvalue weighted by molar-refractivity contribution is 0.172. The lowest BCUT2D eigenvalue weighted by Crippen LogP contribution is -2.24. The van der Waals surface area contributed by atoms with Gasteiger partial charge in [-0.2, -0.15) is 5.10 Å². The second-order valence-electron chi connectivity index (χ2n) is 6.18. The van der Waals surface area contributed by atoms with Crippen LogP contribution in [0.4, 0.5) is 4.39 Å². The van der Waals surface area contributed by atoms with Crippen LogP contribution in [0.25, 0.3) is 10.9 Å². The van der Waals surface area contributed by atoms with E-state index in [2.05, 4.69) is 27.2 Å². The number of aliphatic hydroxyl groups excluding tert-OH is 1. The molecule has 1 saturated heterocycles. The van der Waals surface area contributed by atoms with Crippen molar-refractivity contribution in [2.45, 2.75) is 25.1 Å². The minimum Gasteiger partial charge on any atom is -0.392 e. The van der Waals surface area contributed by atoms with Crippen LogP contribution in [-0.2, 0) is 6.54 Å². The molecule has 0 radical (unpaired) electrons. The molecule has 1 aliphatic heterocycles. The molecular formula is C18H18FN3O. The molecule has 0 bridgehead atoms. The Balaban J connectivity index is 1.59. The SMILES string of the molecule is O[C@@H]1C[C@@H](c2ccc(F)cc2)N(Cc2ccc3cn[nH]c3c2)C1. The van der Waals surface area contributed by atoms with Gasteiger partial charge in [0.1, 0.15) is 5.82 Å². The summed E-state index contributed by atoms with van der Waals surface area (Å²) in [6.07, 6.45) is 2.14. The predicted octanol–water partition coefficient (Wildman–Crippen LogP) is 3.01. The summed E-state index contributed by atoms with van der Waals surface area (Å²) in [5.41, 5.74) is 3.23. The quantitative estimate of drug-likeness (QED) is 0.782. The van der Waals surface area contributed by atoms with Crippen LogP contribution >= 0.6 is 0 Å². The van der Waals surface area contributed by atoms with Gasteiger partial charge in [0.15, 0.2) is 0 Å². The molecule has 0 unspecified atom stereocenters. The second kappa shape index (κ2) is 5.76. The molecule has 1 aliphatic rings. The van der Waals surface area contributed by atoms with E-state index >= 15 is 0 Å². The van der Waals surface area contributed by atoms with E-state index in [0.717, 1.165) is 23.0 Å². The van der Waals surface area contributed by atoms with E-state index in [1.807, 2.05) is 18.2 Å². The van der Waals surface area contributed by atoms with E-state index in [0.29, 0.717) is 13.0 Å². The average molecular weight is 311 g/mol. The minimum absolute atomic E-state index is 0.114. The summed E-state index contributed by atoms with van der Waals surface area (Å²) in [7, 11) is 0. The van der Waals surface area contributed by atoms with Gasteiger partial charge in [-0.05, 0) is 35.7 Å². The van der Waals surface area contributed by atoms with Crippen LogP contribution in [0.3, 0.4) is 0 Å². The Morgan fingerprint density at radius 3 is 2.87 bits per heavy atom. The summed E-state index contributed by atoms with van der Waals surface area (Å²) in [5.74, 6) is -0.233. The maximum Gasteiger partial charge on any atom is 0.123 e. The largest absolute Gasteiger partial charge is 0.392 e. The Hall–Kier alpha value is -2.24. The molecule has 0 saturated carbocycles. The molecule has 4 rings (SSSR count). The molecule has 5 heteroatoms. The fourth-order valence-electron chi connectivity index (χ4n) is 3.40. The van der Waals surface area contributed by atoms with Gasteiger partial charge in [0.25, 0.3) is 0 Å². The van der Waals surface area contributed by atoms with E-state index < -0.39 is 0 Å². The number of rotatable bonds is 3. The van der Waals surface area contributed by atoms with Gasteiger partial charge in [-0.25, -0.2) is 4.39 Å². The predicted molar refractivity (Wildman–Crippen MR) is 86.3 cm³/mol. The number of halogens is 1. The van der Waals surface area contributed by atoms with Crippen molar-refractivity contribution < 1.29 is 9.50 Å². The number of likely N-dealkylation sites (tertiary alicyclic amines) is 1. The topological polar surface area (TPSA) is 52.1 Å². The van der Waals surface area contributed by atoms with Crippen LogP contribution in [-0.4, -0.2) is 32.9 Å². The van der Waals surface area contributed by atoms with Gasteiger partial charge in [-0.15, -0.1) is 0 Å². The molecule has 2 N–H and O–H groups in total. The number of aliphatic hydroxyl groups is 1. The summed E-state index contributed by atoms with van der Waals surface area (Å²) in [6.45, 7) is 1.37. The third-order valence-corrected chi connectivity index (χ3v) is 4.53.